The van der Waals surface area contributed by atoms with Crippen LogP contribution in [0.15, 0.2) is 30.6 Å². The molecule has 3 unspecified atom stereocenters. The standard InChI is InChI=1S/C21H24ClN5O4S/c1-13-18-17(11-32(13)31)23-12-24-19(18)26-6-8-27(9-7-26)20(28)16(25-21(29)30)10-14-2-4-15(22)5-3-14/h2-5,12-13,16,25H,6-11H2,1H3,(H,29,30)/p-1. The number of benzene rings is 1. The number of carbonyl (C=O) groups excluding carboxylic acids is 2. The zero-order valence-electron chi connectivity index (χ0n) is 17.5. The summed E-state index contributed by atoms with van der Waals surface area (Å²) in [5, 5.41) is 13.9. The van der Waals surface area contributed by atoms with Crippen LogP contribution in [-0.2, 0) is 27.8 Å². The number of fused-ring (bicyclic) bond motifs is 1. The van der Waals surface area contributed by atoms with E-state index in [2.05, 4.69) is 20.2 Å². The number of rotatable bonds is 5. The van der Waals surface area contributed by atoms with E-state index in [4.69, 9.17) is 11.6 Å². The maximum absolute atomic E-state index is 13.1. The fourth-order valence-corrected chi connectivity index (χ4v) is 5.53. The smallest absolute Gasteiger partial charge is 0.245 e. The number of amides is 2. The molecule has 2 amide bonds. The molecule has 11 heteroatoms. The van der Waals surface area contributed by atoms with Gasteiger partial charge in [-0.3, -0.25) is 9.00 Å². The number of halogens is 1. The summed E-state index contributed by atoms with van der Waals surface area (Å²) >= 11 is 5.91. The highest BCUT2D eigenvalue weighted by atomic mass is 35.5. The Morgan fingerprint density at radius 3 is 2.56 bits per heavy atom. The number of carboxylic acid groups (broad SMARTS) is 1. The van der Waals surface area contributed by atoms with Gasteiger partial charge in [0, 0.05) is 54.0 Å². The first kappa shape index (κ1) is 22.5. The summed E-state index contributed by atoms with van der Waals surface area (Å²) in [6.07, 6.45) is 0.203. The van der Waals surface area contributed by atoms with Gasteiger partial charge in [-0.05, 0) is 24.6 Å². The molecule has 0 aliphatic carbocycles. The molecule has 1 aromatic heterocycles. The van der Waals surface area contributed by atoms with Crippen LogP contribution in [0.4, 0.5) is 10.6 Å². The molecule has 1 saturated heterocycles. The number of carbonyl (C=O) groups is 2. The fraction of sp³-hybridized carbons (Fsp3) is 0.429. The average molecular weight is 477 g/mol. The van der Waals surface area contributed by atoms with Gasteiger partial charge in [0.1, 0.15) is 24.3 Å². The van der Waals surface area contributed by atoms with Crippen molar-refractivity contribution in [3.8, 4) is 0 Å². The predicted octanol–water partition coefficient (Wildman–Crippen LogP) is 0.646. The summed E-state index contributed by atoms with van der Waals surface area (Å²) in [7, 11) is -0.998. The molecule has 3 atom stereocenters. The van der Waals surface area contributed by atoms with Gasteiger partial charge in [-0.15, -0.1) is 0 Å². The molecular weight excluding hydrogens is 454 g/mol. The van der Waals surface area contributed by atoms with E-state index in [-0.39, 0.29) is 17.6 Å². The lowest BCUT2D eigenvalue weighted by molar-refractivity contribution is -0.251. The van der Waals surface area contributed by atoms with Crippen molar-refractivity contribution in [1.29, 1.82) is 0 Å². The Hall–Kier alpha value is -2.72. The van der Waals surface area contributed by atoms with Crippen LogP contribution in [0.5, 0.6) is 0 Å². The number of anilines is 1. The van der Waals surface area contributed by atoms with Gasteiger partial charge in [0.05, 0.1) is 16.7 Å². The number of aromatic nitrogens is 2. The van der Waals surface area contributed by atoms with E-state index in [1.807, 2.05) is 6.92 Å². The van der Waals surface area contributed by atoms with Gasteiger partial charge in [0.2, 0.25) is 5.91 Å². The third kappa shape index (κ3) is 4.71. The van der Waals surface area contributed by atoms with Crippen LogP contribution in [0.25, 0.3) is 0 Å². The van der Waals surface area contributed by atoms with Gasteiger partial charge < -0.3 is 25.0 Å². The molecule has 0 bridgehead atoms. The molecule has 1 aromatic carbocycles. The molecule has 32 heavy (non-hydrogen) atoms. The normalized spacial score (nSPS) is 21.2. The summed E-state index contributed by atoms with van der Waals surface area (Å²) in [5.74, 6) is 0.906. The van der Waals surface area contributed by atoms with E-state index >= 15 is 0 Å². The number of hydrogen-bond donors (Lipinski definition) is 1. The Balaban J connectivity index is 1.44. The maximum Gasteiger partial charge on any atom is 0.245 e. The third-order valence-corrected chi connectivity index (χ3v) is 7.69. The van der Waals surface area contributed by atoms with Crippen LogP contribution in [0, 0.1) is 0 Å². The van der Waals surface area contributed by atoms with Gasteiger partial charge in [-0.2, -0.15) is 0 Å². The minimum absolute atomic E-state index is 0.128. The zero-order chi connectivity index (χ0) is 22.8. The van der Waals surface area contributed by atoms with Crippen molar-refractivity contribution in [2.75, 3.05) is 31.1 Å². The number of hydrogen-bond acceptors (Lipinski definition) is 7. The first-order valence-corrected chi connectivity index (χ1v) is 12.1. The van der Waals surface area contributed by atoms with Crippen molar-refractivity contribution in [3.05, 3.63) is 52.4 Å². The predicted molar refractivity (Wildman–Crippen MR) is 119 cm³/mol. The average Bonchev–Trinajstić information content (AvgIpc) is 3.08. The fourth-order valence-electron chi connectivity index (χ4n) is 4.15. The van der Waals surface area contributed by atoms with Crippen LogP contribution in [-0.4, -0.2) is 63.3 Å². The van der Waals surface area contributed by atoms with E-state index < -0.39 is 22.9 Å². The quantitative estimate of drug-likeness (QED) is 0.672. The molecule has 3 heterocycles. The largest absolute Gasteiger partial charge is 0.530 e. The second-order valence-corrected chi connectivity index (χ2v) is 10.0. The van der Waals surface area contributed by atoms with Crippen molar-refractivity contribution < 1.29 is 18.9 Å². The van der Waals surface area contributed by atoms with E-state index in [0.29, 0.717) is 37.0 Å². The van der Waals surface area contributed by atoms with Crippen LogP contribution in [0.2, 0.25) is 5.02 Å². The molecular formula is C21H23ClN5O4S-. The van der Waals surface area contributed by atoms with Crippen LogP contribution < -0.4 is 15.3 Å². The van der Waals surface area contributed by atoms with Crippen molar-refractivity contribution in [3.63, 3.8) is 0 Å². The zero-order valence-corrected chi connectivity index (χ0v) is 19.1. The van der Waals surface area contributed by atoms with Crippen LogP contribution in [0.1, 0.15) is 29.0 Å². The molecule has 2 aliphatic heterocycles. The highest BCUT2D eigenvalue weighted by Crippen LogP contribution is 2.37. The Morgan fingerprint density at radius 2 is 1.91 bits per heavy atom. The van der Waals surface area contributed by atoms with Crippen molar-refractivity contribution in [2.24, 2.45) is 0 Å². The molecule has 2 aromatic rings. The van der Waals surface area contributed by atoms with E-state index in [1.165, 1.54) is 6.33 Å². The number of piperazine rings is 1. The molecule has 170 valence electrons. The van der Waals surface area contributed by atoms with Crippen molar-refractivity contribution in [1.82, 2.24) is 20.2 Å². The molecule has 4 rings (SSSR count). The summed E-state index contributed by atoms with van der Waals surface area (Å²) < 4.78 is 12.2. The topological polar surface area (TPSA) is 119 Å². The van der Waals surface area contributed by atoms with E-state index in [0.717, 1.165) is 22.6 Å². The van der Waals surface area contributed by atoms with Crippen LogP contribution >= 0.6 is 11.6 Å². The lowest BCUT2D eigenvalue weighted by Crippen LogP contribution is -2.57. The molecule has 0 spiro atoms. The van der Waals surface area contributed by atoms with Gasteiger partial charge in [0.25, 0.3) is 0 Å². The summed E-state index contributed by atoms with van der Waals surface area (Å²) in [6.45, 7) is 3.82. The van der Waals surface area contributed by atoms with Crippen molar-refractivity contribution in [2.45, 2.75) is 30.4 Å². The maximum atomic E-state index is 13.1. The lowest BCUT2D eigenvalue weighted by atomic mass is 10.0. The molecule has 9 nitrogen and oxygen atoms in total. The molecule has 1 N–H and O–H groups in total. The Bertz CT molecular complexity index is 1040. The van der Waals surface area contributed by atoms with Crippen LogP contribution in [0.3, 0.4) is 0 Å². The van der Waals surface area contributed by atoms with Gasteiger partial charge >= 0.3 is 0 Å². The summed E-state index contributed by atoms with van der Waals surface area (Å²) in [5.41, 5.74) is 2.53. The first-order chi connectivity index (χ1) is 15.3. The third-order valence-electron chi connectivity index (χ3n) is 5.86. The second kappa shape index (κ2) is 9.41. The Labute approximate surface area is 193 Å². The van der Waals surface area contributed by atoms with Gasteiger partial charge in [-0.1, -0.05) is 23.7 Å². The minimum Gasteiger partial charge on any atom is -0.530 e. The van der Waals surface area contributed by atoms with E-state index in [9.17, 15) is 18.9 Å². The molecule has 1 fully saturated rings. The van der Waals surface area contributed by atoms with Gasteiger partial charge in [-0.25, -0.2) is 9.97 Å². The monoisotopic (exact) mass is 476 g/mol. The second-order valence-electron chi connectivity index (χ2n) is 7.85. The summed E-state index contributed by atoms with van der Waals surface area (Å²) in [4.78, 5) is 36.7. The van der Waals surface area contributed by atoms with Crippen molar-refractivity contribution >= 4 is 40.2 Å². The lowest BCUT2D eigenvalue weighted by Gasteiger charge is -2.38. The Kier molecular flexibility index (Phi) is 6.61. The summed E-state index contributed by atoms with van der Waals surface area (Å²) in [6, 6.07) is 5.98. The molecule has 2 aliphatic rings. The highest BCUT2D eigenvalue weighted by molar-refractivity contribution is 7.84. The molecule has 0 radical (unpaired) electrons. The SMILES string of the molecule is CC1c2c(ncnc2N2CCN(C(=O)C(Cc3ccc(Cl)cc3)NC(=O)[O-])CC2)CS1=O. The highest BCUT2D eigenvalue weighted by Gasteiger charge is 2.34. The Morgan fingerprint density at radius 1 is 1.22 bits per heavy atom. The number of nitrogens with zero attached hydrogens (tertiary/aromatic N) is 4. The minimum atomic E-state index is -1.49. The first-order valence-electron chi connectivity index (χ1n) is 10.3. The number of nitrogens with one attached hydrogen (secondary N) is 1. The van der Waals surface area contributed by atoms with E-state index in [1.54, 1.807) is 29.2 Å². The molecule has 0 saturated carbocycles. The van der Waals surface area contributed by atoms with Gasteiger partial charge in [0.15, 0.2) is 0 Å².